The summed E-state index contributed by atoms with van der Waals surface area (Å²) in [4.78, 5) is 30.1. The molecule has 0 aromatic heterocycles. The normalized spacial score (nSPS) is 21.2. The van der Waals surface area contributed by atoms with Crippen molar-refractivity contribution < 1.29 is 33.6 Å². The maximum absolute atomic E-state index is 13.2. The van der Waals surface area contributed by atoms with E-state index in [1.807, 2.05) is 36.4 Å². The van der Waals surface area contributed by atoms with Gasteiger partial charge in [-0.3, -0.25) is 14.5 Å². The number of methoxy groups -OCH3 is 2. The number of imide groups is 1. The molecule has 3 aliphatic rings. The summed E-state index contributed by atoms with van der Waals surface area (Å²) in [6, 6.07) is 26.1. The SMILES string of the molecule is COc1cc2c(cc1OC)CN(CC1CC(c3ccc(CO)cc3)OC(c3cccc(N4C(=O)c5ccccc5C4=O)c3)O1)CC2. The zero-order valence-electron chi connectivity index (χ0n) is 25.8. The second kappa shape index (κ2) is 12.7. The highest BCUT2D eigenvalue weighted by Gasteiger charge is 2.38. The van der Waals surface area contributed by atoms with E-state index in [-0.39, 0.29) is 30.6 Å². The van der Waals surface area contributed by atoms with Gasteiger partial charge in [-0.2, -0.15) is 0 Å². The number of carbonyl (C=O) groups is 2. The molecular weight excluding hydrogens is 584 g/mol. The molecule has 3 aliphatic heterocycles. The lowest BCUT2D eigenvalue weighted by molar-refractivity contribution is -0.253. The van der Waals surface area contributed by atoms with Crippen LogP contribution in [0.1, 0.15) is 67.3 Å². The van der Waals surface area contributed by atoms with Gasteiger partial charge < -0.3 is 24.1 Å². The highest BCUT2D eigenvalue weighted by atomic mass is 16.7. The molecule has 2 amide bonds. The molecule has 0 aliphatic carbocycles. The predicted octanol–water partition coefficient (Wildman–Crippen LogP) is 5.60. The minimum atomic E-state index is -0.724. The number of hydrogen-bond acceptors (Lipinski definition) is 8. The Kier molecular flexibility index (Phi) is 8.31. The number of amides is 2. The lowest BCUT2D eigenvalue weighted by Crippen LogP contribution is -2.41. The number of benzene rings is 4. The third-order valence-electron chi connectivity index (χ3n) is 9.07. The van der Waals surface area contributed by atoms with Gasteiger partial charge in [0.1, 0.15) is 0 Å². The van der Waals surface area contributed by atoms with Crippen molar-refractivity contribution in [2.24, 2.45) is 0 Å². The van der Waals surface area contributed by atoms with Crippen LogP contribution >= 0.6 is 0 Å². The first-order valence-electron chi connectivity index (χ1n) is 15.5. The molecule has 9 heteroatoms. The topological polar surface area (TPSA) is 97.8 Å². The molecular formula is C37H36N2O7. The second-order valence-corrected chi connectivity index (χ2v) is 11.9. The van der Waals surface area contributed by atoms with Gasteiger partial charge >= 0.3 is 0 Å². The Morgan fingerprint density at radius 1 is 0.804 bits per heavy atom. The lowest BCUT2D eigenvalue weighted by atomic mass is 9.97. The van der Waals surface area contributed by atoms with Crippen LogP contribution in [0.15, 0.2) is 84.9 Å². The number of carbonyl (C=O) groups excluding carboxylic acids is 2. The van der Waals surface area contributed by atoms with Gasteiger partial charge in [0.25, 0.3) is 11.8 Å². The first-order valence-corrected chi connectivity index (χ1v) is 15.5. The second-order valence-electron chi connectivity index (χ2n) is 11.9. The number of hydrogen-bond donors (Lipinski definition) is 1. The van der Waals surface area contributed by atoms with Crippen LogP contribution in [0, 0.1) is 0 Å². The summed E-state index contributed by atoms with van der Waals surface area (Å²) in [7, 11) is 3.30. The van der Waals surface area contributed by atoms with Gasteiger partial charge in [0.15, 0.2) is 17.8 Å². The summed E-state index contributed by atoms with van der Waals surface area (Å²) < 4.78 is 24.3. The van der Waals surface area contributed by atoms with Crippen LogP contribution in [0.2, 0.25) is 0 Å². The van der Waals surface area contributed by atoms with Crippen LogP contribution in [-0.4, -0.2) is 55.2 Å². The first kappa shape index (κ1) is 30.1. The number of anilines is 1. The largest absolute Gasteiger partial charge is 0.493 e. The fraction of sp³-hybridized carbons (Fsp3) is 0.297. The monoisotopic (exact) mass is 620 g/mol. The molecule has 4 aromatic rings. The van der Waals surface area contributed by atoms with E-state index in [4.69, 9.17) is 18.9 Å². The molecule has 236 valence electrons. The third-order valence-corrected chi connectivity index (χ3v) is 9.07. The van der Waals surface area contributed by atoms with Crippen molar-refractivity contribution in [1.29, 1.82) is 0 Å². The zero-order chi connectivity index (χ0) is 31.8. The van der Waals surface area contributed by atoms with E-state index < -0.39 is 6.29 Å². The summed E-state index contributed by atoms with van der Waals surface area (Å²) in [5.74, 6) is 0.767. The molecule has 3 unspecified atom stereocenters. The average molecular weight is 621 g/mol. The number of ether oxygens (including phenoxy) is 4. The van der Waals surface area contributed by atoms with Crippen molar-refractivity contribution in [3.63, 3.8) is 0 Å². The molecule has 0 spiro atoms. The molecule has 3 heterocycles. The molecule has 3 atom stereocenters. The van der Waals surface area contributed by atoms with Gasteiger partial charge in [-0.05, 0) is 65.1 Å². The lowest BCUT2D eigenvalue weighted by Gasteiger charge is -2.39. The van der Waals surface area contributed by atoms with Crippen LogP contribution in [-0.2, 0) is 29.0 Å². The highest BCUT2D eigenvalue weighted by molar-refractivity contribution is 6.34. The molecule has 0 bridgehead atoms. The number of fused-ring (bicyclic) bond motifs is 2. The van der Waals surface area contributed by atoms with Gasteiger partial charge in [-0.15, -0.1) is 0 Å². The molecule has 1 saturated heterocycles. The minimum Gasteiger partial charge on any atom is -0.493 e. The minimum absolute atomic E-state index is 0.0299. The van der Waals surface area contributed by atoms with Crippen LogP contribution in [0.25, 0.3) is 0 Å². The van der Waals surface area contributed by atoms with Crippen LogP contribution in [0.4, 0.5) is 5.69 Å². The van der Waals surface area contributed by atoms with Gasteiger partial charge in [0.2, 0.25) is 0 Å². The Morgan fingerprint density at radius 2 is 1.50 bits per heavy atom. The van der Waals surface area contributed by atoms with Crippen LogP contribution < -0.4 is 14.4 Å². The highest BCUT2D eigenvalue weighted by Crippen LogP contribution is 2.40. The summed E-state index contributed by atoms with van der Waals surface area (Å²) in [6.45, 7) is 2.29. The Labute approximate surface area is 267 Å². The molecule has 1 N–H and O–H groups in total. The van der Waals surface area contributed by atoms with Crippen molar-refractivity contribution in [2.45, 2.75) is 44.5 Å². The molecule has 46 heavy (non-hydrogen) atoms. The van der Waals surface area contributed by atoms with Crippen molar-refractivity contribution in [1.82, 2.24) is 4.90 Å². The Balaban J connectivity index is 1.15. The average Bonchev–Trinajstić information content (AvgIpc) is 3.36. The van der Waals surface area contributed by atoms with Crippen molar-refractivity contribution in [3.8, 4) is 11.5 Å². The van der Waals surface area contributed by atoms with E-state index in [0.29, 0.717) is 29.8 Å². The van der Waals surface area contributed by atoms with E-state index in [1.54, 1.807) is 50.6 Å². The Morgan fingerprint density at radius 3 is 2.17 bits per heavy atom. The Bertz CT molecular complexity index is 1740. The molecule has 1 fully saturated rings. The Hall–Kier alpha value is -4.54. The summed E-state index contributed by atoms with van der Waals surface area (Å²) in [6.07, 6.45) is 0.378. The number of nitrogens with zero attached hydrogens (tertiary/aromatic N) is 2. The summed E-state index contributed by atoms with van der Waals surface area (Å²) >= 11 is 0. The molecule has 4 aromatic carbocycles. The standard InChI is InChI=1S/C37H36N2O7/c1-43-33-17-25-14-15-38(20-27(25)18-34(33)44-2)21-29-19-32(24-12-10-23(22-40)11-13-24)46-37(45-29)26-6-5-7-28(16-26)39-35(41)30-8-3-4-9-31(30)36(39)42/h3-13,16-18,29,32,37,40H,14-15,19-22H2,1-2H3. The summed E-state index contributed by atoms with van der Waals surface area (Å²) in [5, 5.41) is 9.57. The molecule has 7 rings (SSSR count). The predicted molar refractivity (Wildman–Crippen MR) is 171 cm³/mol. The van der Waals surface area contributed by atoms with Gasteiger partial charge in [0.05, 0.1) is 49.8 Å². The fourth-order valence-electron chi connectivity index (χ4n) is 6.65. The van der Waals surface area contributed by atoms with E-state index in [1.165, 1.54) is 16.0 Å². The van der Waals surface area contributed by atoms with E-state index >= 15 is 0 Å². The quantitative estimate of drug-likeness (QED) is 0.254. The van der Waals surface area contributed by atoms with E-state index in [9.17, 15) is 14.7 Å². The van der Waals surface area contributed by atoms with Gasteiger partial charge in [-0.1, -0.05) is 48.5 Å². The zero-order valence-corrected chi connectivity index (χ0v) is 25.8. The molecule has 0 radical (unpaired) electrons. The number of aliphatic hydroxyl groups is 1. The maximum Gasteiger partial charge on any atom is 0.266 e. The van der Waals surface area contributed by atoms with Crippen LogP contribution in [0.3, 0.4) is 0 Å². The summed E-state index contributed by atoms with van der Waals surface area (Å²) in [5.41, 5.74) is 6.27. The smallest absolute Gasteiger partial charge is 0.266 e. The van der Waals surface area contributed by atoms with Crippen LogP contribution in [0.5, 0.6) is 11.5 Å². The van der Waals surface area contributed by atoms with E-state index in [2.05, 4.69) is 17.0 Å². The molecule has 9 nitrogen and oxygen atoms in total. The third kappa shape index (κ3) is 5.67. The van der Waals surface area contributed by atoms with Gasteiger partial charge in [-0.25, -0.2) is 4.90 Å². The number of aliphatic hydroxyl groups excluding tert-OH is 1. The maximum atomic E-state index is 13.2. The van der Waals surface area contributed by atoms with E-state index in [0.717, 1.165) is 47.7 Å². The van der Waals surface area contributed by atoms with Crippen molar-refractivity contribution >= 4 is 17.5 Å². The first-order chi connectivity index (χ1) is 22.4. The molecule has 0 saturated carbocycles. The number of rotatable bonds is 8. The van der Waals surface area contributed by atoms with Crippen molar-refractivity contribution in [2.75, 3.05) is 32.2 Å². The van der Waals surface area contributed by atoms with Crippen molar-refractivity contribution in [3.05, 3.63) is 124 Å². The van der Waals surface area contributed by atoms with Gasteiger partial charge in [0, 0.05) is 31.6 Å². The fourth-order valence-corrected chi connectivity index (χ4v) is 6.65.